The molecular weight excluding hydrogens is 468 g/mol. The van der Waals surface area contributed by atoms with Gasteiger partial charge in [0.15, 0.2) is 0 Å². The summed E-state index contributed by atoms with van der Waals surface area (Å²) in [5, 5.41) is 5.92. The molecular formula is C25H40N4O7. The van der Waals surface area contributed by atoms with Crippen molar-refractivity contribution >= 4 is 24.9 Å². The Kier molecular flexibility index (Phi) is 16.3. The van der Waals surface area contributed by atoms with Gasteiger partial charge in [-0.3, -0.25) is 14.4 Å². The monoisotopic (exact) mass is 508 g/mol. The second-order valence-corrected chi connectivity index (χ2v) is 8.36. The number of carbonyl (C=O) groups is 4. The fraction of sp³-hybridized carbons (Fsp3) is 0.600. The molecule has 0 unspecified atom stereocenters. The molecule has 0 aliphatic carbocycles. The molecule has 1 aromatic rings. The van der Waals surface area contributed by atoms with E-state index in [1.54, 1.807) is 19.2 Å². The Morgan fingerprint density at radius 3 is 2.19 bits per heavy atom. The number of amides is 2. The van der Waals surface area contributed by atoms with Gasteiger partial charge < -0.3 is 35.5 Å². The Labute approximate surface area is 213 Å². The molecule has 0 atom stereocenters. The van der Waals surface area contributed by atoms with Gasteiger partial charge in [-0.25, -0.2) is 4.79 Å². The van der Waals surface area contributed by atoms with E-state index in [0.717, 1.165) is 44.2 Å². The number of carbonyl (C=O) groups excluding carboxylic acids is 4. The first-order valence-electron chi connectivity index (χ1n) is 12.3. The molecule has 1 rings (SSSR count). The van der Waals surface area contributed by atoms with Crippen LogP contribution in [0.3, 0.4) is 0 Å². The van der Waals surface area contributed by atoms with Crippen molar-refractivity contribution in [2.24, 2.45) is 5.73 Å². The van der Waals surface area contributed by atoms with Crippen LogP contribution in [0.4, 0.5) is 4.79 Å². The van der Waals surface area contributed by atoms with E-state index in [1.807, 2.05) is 7.05 Å². The van der Waals surface area contributed by atoms with Gasteiger partial charge in [0.25, 0.3) is 12.9 Å². The van der Waals surface area contributed by atoms with Gasteiger partial charge in [0.1, 0.15) is 19.0 Å². The van der Waals surface area contributed by atoms with E-state index in [4.69, 9.17) is 19.9 Å². The second-order valence-electron chi connectivity index (χ2n) is 8.36. The van der Waals surface area contributed by atoms with Crippen LogP contribution in [0.1, 0.15) is 55.2 Å². The Balaban J connectivity index is 2.93. The van der Waals surface area contributed by atoms with Crippen molar-refractivity contribution in [3.05, 3.63) is 28.8 Å². The molecule has 11 nitrogen and oxygen atoms in total. The average molecular weight is 509 g/mol. The van der Waals surface area contributed by atoms with E-state index in [-0.39, 0.29) is 31.3 Å². The highest BCUT2D eigenvalue weighted by atomic mass is 16.6. The van der Waals surface area contributed by atoms with Gasteiger partial charge in [-0.15, -0.1) is 0 Å². The maximum absolute atomic E-state index is 12.6. The Morgan fingerprint density at radius 1 is 0.972 bits per heavy atom. The van der Waals surface area contributed by atoms with Crippen LogP contribution >= 0.6 is 0 Å². The topological polar surface area (TPSA) is 149 Å². The Morgan fingerprint density at radius 2 is 1.61 bits per heavy atom. The largest absolute Gasteiger partial charge is 0.463 e. The predicted molar refractivity (Wildman–Crippen MR) is 134 cm³/mol. The lowest BCUT2D eigenvalue weighted by atomic mass is 10.0. The first kappa shape index (κ1) is 30.9. The molecule has 0 fully saturated rings. The first-order chi connectivity index (χ1) is 17.5. The van der Waals surface area contributed by atoms with Crippen molar-refractivity contribution in [3.8, 4) is 5.75 Å². The van der Waals surface area contributed by atoms with Crippen LogP contribution in [-0.2, 0) is 43.5 Å². The van der Waals surface area contributed by atoms with E-state index in [1.165, 1.54) is 4.90 Å². The molecule has 0 aliphatic rings. The highest BCUT2D eigenvalue weighted by Gasteiger charge is 2.20. The SMILES string of the molecule is CNCCCN(C)C(=O)Oc1c(COC=O)cc(CCC(=O)NCCCCCCN)cc1COC=O. The molecule has 2 amide bonds. The minimum atomic E-state index is -0.593. The smallest absolute Gasteiger partial charge is 0.414 e. The molecule has 11 heteroatoms. The van der Waals surface area contributed by atoms with Gasteiger partial charge >= 0.3 is 6.09 Å². The lowest BCUT2D eigenvalue weighted by Gasteiger charge is -2.20. The van der Waals surface area contributed by atoms with Gasteiger partial charge in [-0.1, -0.05) is 12.8 Å². The highest BCUT2D eigenvalue weighted by molar-refractivity contribution is 5.76. The van der Waals surface area contributed by atoms with Crippen LogP contribution in [0.25, 0.3) is 0 Å². The van der Waals surface area contributed by atoms with Crippen LogP contribution in [0, 0.1) is 0 Å². The molecule has 0 spiro atoms. The Hall–Kier alpha value is -3.18. The Bertz CT molecular complexity index is 787. The summed E-state index contributed by atoms with van der Waals surface area (Å²) in [7, 11) is 3.44. The molecule has 0 radical (unpaired) electrons. The molecule has 0 saturated carbocycles. The summed E-state index contributed by atoms with van der Waals surface area (Å²) < 4.78 is 15.5. The molecule has 0 saturated heterocycles. The van der Waals surface area contributed by atoms with E-state index < -0.39 is 6.09 Å². The number of ether oxygens (including phenoxy) is 3. The van der Waals surface area contributed by atoms with Crippen LogP contribution in [0.15, 0.2) is 12.1 Å². The minimum Gasteiger partial charge on any atom is -0.463 e. The zero-order chi connectivity index (χ0) is 26.6. The third kappa shape index (κ3) is 12.5. The van der Waals surface area contributed by atoms with Crippen molar-refractivity contribution in [1.29, 1.82) is 0 Å². The van der Waals surface area contributed by atoms with E-state index in [9.17, 15) is 19.2 Å². The van der Waals surface area contributed by atoms with Crippen LogP contribution in [0.2, 0.25) is 0 Å². The van der Waals surface area contributed by atoms with Gasteiger partial charge in [0.2, 0.25) is 5.91 Å². The zero-order valence-electron chi connectivity index (χ0n) is 21.4. The van der Waals surface area contributed by atoms with Gasteiger partial charge in [-0.2, -0.15) is 0 Å². The normalized spacial score (nSPS) is 10.4. The van der Waals surface area contributed by atoms with Crippen molar-refractivity contribution in [2.75, 3.05) is 40.3 Å². The number of benzene rings is 1. The lowest BCUT2D eigenvalue weighted by Crippen LogP contribution is -2.32. The number of unbranched alkanes of at least 4 members (excludes halogenated alkanes) is 3. The number of nitrogens with zero attached hydrogens (tertiary/aromatic N) is 1. The van der Waals surface area contributed by atoms with Crippen molar-refractivity contribution in [1.82, 2.24) is 15.5 Å². The number of aryl methyl sites for hydroxylation is 1. The fourth-order valence-corrected chi connectivity index (χ4v) is 3.51. The molecule has 0 heterocycles. The number of hydrogen-bond acceptors (Lipinski definition) is 9. The predicted octanol–water partition coefficient (Wildman–Crippen LogP) is 1.64. The summed E-state index contributed by atoms with van der Waals surface area (Å²) in [4.78, 5) is 48.0. The highest BCUT2D eigenvalue weighted by Crippen LogP contribution is 2.29. The quantitative estimate of drug-likeness (QED) is 0.176. The third-order valence-corrected chi connectivity index (χ3v) is 5.43. The van der Waals surface area contributed by atoms with Crippen molar-refractivity contribution in [2.45, 2.75) is 58.2 Å². The standard InChI is InChI=1S/C25H40N4O7/c1-27-11-7-13-29(2)25(33)36-24-21(16-34-18-30)14-20(15-22(24)17-35-19-31)8-9-23(32)28-12-6-4-3-5-10-26/h14-15,18-19,27H,3-13,16-17,26H2,1-2H3,(H,28,32). The molecule has 0 aromatic heterocycles. The number of nitrogens with one attached hydrogen (secondary N) is 2. The molecule has 1 aromatic carbocycles. The van der Waals surface area contributed by atoms with Crippen LogP contribution < -0.4 is 21.1 Å². The number of nitrogens with two attached hydrogens (primary N) is 1. The number of rotatable bonds is 20. The zero-order valence-corrected chi connectivity index (χ0v) is 21.4. The van der Waals surface area contributed by atoms with Crippen molar-refractivity contribution in [3.63, 3.8) is 0 Å². The fourth-order valence-electron chi connectivity index (χ4n) is 3.51. The second kappa shape index (κ2) is 19.1. The molecule has 0 aliphatic heterocycles. The molecule has 202 valence electrons. The lowest BCUT2D eigenvalue weighted by molar-refractivity contribution is -0.130. The molecule has 36 heavy (non-hydrogen) atoms. The van der Waals surface area contributed by atoms with E-state index in [0.29, 0.717) is 50.1 Å². The minimum absolute atomic E-state index is 0.0797. The summed E-state index contributed by atoms with van der Waals surface area (Å²) in [5.74, 6) is 0.0822. The van der Waals surface area contributed by atoms with Gasteiger partial charge in [0, 0.05) is 37.7 Å². The molecule has 4 N–H and O–H groups in total. The van der Waals surface area contributed by atoms with Crippen LogP contribution in [0.5, 0.6) is 5.75 Å². The van der Waals surface area contributed by atoms with E-state index >= 15 is 0 Å². The maximum Gasteiger partial charge on any atom is 0.414 e. The average Bonchev–Trinajstić information content (AvgIpc) is 2.88. The maximum atomic E-state index is 12.6. The van der Waals surface area contributed by atoms with Gasteiger partial charge in [0.05, 0.1) is 0 Å². The van der Waals surface area contributed by atoms with Gasteiger partial charge in [-0.05, 0) is 63.5 Å². The third-order valence-electron chi connectivity index (χ3n) is 5.43. The van der Waals surface area contributed by atoms with Crippen LogP contribution in [-0.4, -0.2) is 70.1 Å². The first-order valence-corrected chi connectivity index (χ1v) is 12.3. The summed E-state index contributed by atoms with van der Waals surface area (Å²) in [5.41, 5.74) is 7.10. The summed E-state index contributed by atoms with van der Waals surface area (Å²) in [6, 6.07) is 3.44. The molecule has 0 bridgehead atoms. The summed E-state index contributed by atoms with van der Waals surface area (Å²) in [6.07, 6.45) is 4.74. The summed E-state index contributed by atoms with van der Waals surface area (Å²) >= 11 is 0. The van der Waals surface area contributed by atoms with Crippen molar-refractivity contribution < 1.29 is 33.4 Å². The number of hydrogen-bond donors (Lipinski definition) is 3. The van der Waals surface area contributed by atoms with E-state index in [2.05, 4.69) is 10.6 Å². The summed E-state index contributed by atoms with van der Waals surface area (Å²) in [6.45, 7) is 2.80.